The summed E-state index contributed by atoms with van der Waals surface area (Å²) in [5.41, 5.74) is 9.31. The molecular formula is C20H21N5OS. The van der Waals surface area contributed by atoms with Gasteiger partial charge < -0.3 is 10.3 Å². The third kappa shape index (κ3) is 3.46. The topological polar surface area (TPSA) is 86.7 Å². The van der Waals surface area contributed by atoms with Gasteiger partial charge in [-0.2, -0.15) is 0 Å². The molecule has 4 aromatic heterocycles. The van der Waals surface area contributed by atoms with E-state index in [2.05, 4.69) is 9.97 Å². The van der Waals surface area contributed by atoms with Crippen molar-refractivity contribution >= 4 is 28.3 Å². The Bertz CT molecular complexity index is 1100. The average molecular weight is 379 g/mol. The highest BCUT2D eigenvalue weighted by Crippen LogP contribution is 2.34. The number of aromatic nitrogens is 4. The van der Waals surface area contributed by atoms with E-state index in [4.69, 9.17) is 10.7 Å². The molecular weight excluding hydrogens is 358 g/mol. The number of hydrogen-bond donors (Lipinski definition) is 1. The predicted molar refractivity (Wildman–Crippen MR) is 110 cm³/mol. The summed E-state index contributed by atoms with van der Waals surface area (Å²) in [5.74, 6) is -0.463. The van der Waals surface area contributed by atoms with Crippen LogP contribution in [-0.2, 0) is 7.05 Å². The summed E-state index contributed by atoms with van der Waals surface area (Å²) < 4.78 is 1.72. The fourth-order valence-electron chi connectivity index (χ4n) is 2.81. The lowest BCUT2D eigenvalue weighted by Gasteiger charge is -2.02. The van der Waals surface area contributed by atoms with Gasteiger partial charge in [0.2, 0.25) is 0 Å². The van der Waals surface area contributed by atoms with E-state index in [1.165, 1.54) is 0 Å². The molecule has 0 radical (unpaired) electrons. The van der Waals surface area contributed by atoms with E-state index in [0.29, 0.717) is 5.69 Å². The van der Waals surface area contributed by atoms with Crippen molar-refractivity contribution in [3.05, 3.63) is 54.1 Å². The van der Waals surface area contributed by atoms with Crippen molar-refractivity contribution in [2.45, 2.75) is 20.8 Å². The molecule has 0 aromatic carbocycles. The molecule has 1 amide bonds. The number of primary amides is 1. The number of nitrogens with zero attached hydrogens (tertiary/aromatic N) is 4. The van der Waals surface area contributed by atoms with Gasteiger partial charge in [-0.15, -0.1) is 11.3 Å². The molecule has 6 nitrogen and oxygen atoms in total. The van der Waals surface area contributed by atoms with Gasteiger partial charge in [0.25, 0.3) is 5.91 Å². The van der Waals surface area contributed by atoms with Gasteiger partial charge in [-0.05, 0) is 37.3 Å². The van der Waals surface area contributed by atoms with Gasteiger partial charge in [0.1, 0.15) is 16.3 Å². The zero-order valence-electron chi connectivity index (χ0n) is 15.7. The number of carbonyl (C=O) groups excluding carboxylic acids is 1. The Morgan fingerprint density at radius 3 is 2.63 bits per heavy atom. The molecule has 0 aliphatic rings. The molecule has 0 saturated carbocycles. The molecule has 0 atom stereocenters. The number of fused-ring (bicyclic) bond motifs is 1. The van der Waals surface area contributed by atoms with Crippen LogP contribution in [-0.4, -0.2) is 25.4 Å². The number of carbonyl (C=O) groups is 1. The lowest BCUT2D eigenvalue weighted by Crippen LogP contribution is -2.15. The van der Waals surface area contributed by atoms with Gasteiger partial charge in [-0.1, -0.05) is 13.8 Å². The number of aryl methyl sites for hydroxylation is 2. The molecule has 0 fully saturated rings. The largest absolute Gasteiger partial charge is 0.364 e. The Kier molecular flexibility index (Phi) is 5.32. The van der Waals surface area contributed by atoms with Gasteiger partial charge in [0.05, 0.1) is 16.3 Å². The van der Waals surface area contributed by atoms with Crippen molar-refractivity contribution in [1.29, 1.82) is 0 Å². The second kappa shape index (κ2) is 7.67. The Labute approximate surface area is 161 Å². The molecule has 0 saturated heterocycles. The van der Waals surface area contributed by atoms with Crippen molar-refractivity contribution in [2.75, 3.05) is 0 Å². The van der Waals surface area contributed by atoms with Gasteiger partial charge >= 0.3 is 0 Å². The highest BCUT2D eigenvalue weighted by atomic mass is 32.1. The molecule has 4 rings (SSSR count). The molecule has 2 N–H and O–H groups in total. The fraction of sp³-hybridized carbons (Fsp3) is 0.200. The zero-order valence-corrected chi connectivity index (χ0v) is 16.5. The number of amides is 1. The maximum Gasteiger partial charge on any atom is 0.265 e. The maximum absolute atomic E-state index is 11.5. The first kappa shape index (κ1) is 18.7. The highest BCUT2D eigenvalue weighted by Gasteiger charge is 2.16. The molecule has 0 aliphatic heterocycles. The molecule has 138 valence electrons. The molecule has 0 bridgehead atoms. The smallest absolute Gasteiger partial charge is 0.265 e. The average Bonchev–Trinajstić information content (AvgIpc) is 3.24. The summed E-state index contributed by atoms with van der Waals surface area (Å²) in [6.07, 6.45) is 3.54. The van der Waals surface area contributed by atoms with Crippen LogP contribution in [0.1, 0.15) is 30.0 Å². The van der Waals surface area contributed by atoms with Crippen molar-refractivity contribution in [1.82, 2.24) is 19.5 Å². The third-order valence-electron chi connectivity index (χ3n) is 4.07. The van der Waals surface area contributed by atoms with E-state index in [1.54, 1.807) is 41.4 Å². The van der Waals surface area contributed by atoms with Crippen LogP contribution >= 0.6 is 11.3 Å². The Hall–Kier alpha value is -3.06. The van der Waals surface area contributed by atoms with Crippen LogP contribution in [0.5, 0.6) is 0 Å². The van der Waals surface area contributed by atoms with Crippen molar-refractivity contribution in [3.63, 3.8) is 0 Å². The lowest BCUT2D eigenvalue weighted by atomic mass is 10.2. The molecule has 0 unspecified atom stereocenters. The molecule has 0 aliphatic carbocycles. The van der Waals surface area contributed by atoms with E-state index in [0.717, 1.165) is 37.9 Å². The monoisotopic (exact) mass is 379 g/mol. The minimum absolute atomic E-state index is 0.441. The van der Waals surface area contributed by atoms with E-state index in [-0.39, 0.29) is 0 Å². The lowest BCUT2D eigenvalue weighted by molar-refractivity contribution is 0.0993. The number of hydrogen-bond acceptors (Lipinski definition) is 5. The summed E-state index contributed by atoms with van der Waals surface area (Å²) >= 11 is 1.58. The summed E-state index contributed by atoms with van der Waals surface area (Å²) in [6.45, 7) is 5.97. The fourth-order valence-corrected chi connectivity index (χ4v) is 3.83. The molecule has 0 spiro atoms. The quantitative estimate of drug-likeness (QED) is 0.578. The second-order valence-corrected chi connectivity index (χ2v) is 6.74. The van der Waals surface area contributed by atoms with Crippen LogP contribution in [0.2, 0.25) is 0 Å². The first-order valence-corrected chi connectivity index (χ1v) is 9.50. The summed E-state index contributed by atoms with van der Waals surface area (Å²) in [6, 6.07) is 9.54. The molecule has 4 heterocycles. The number of nitrogens with two attached hydrogens (primary N) is 1. The maximum atomic E-state index is 11.5. The number of rotatable bonds is 3. The van der Waals surface area contributed by atoms with Crippen molar-refractivity contribution in [3.8, 4) is 21.1 Å². The SMILES string of the molecule is CC.Cc1nc(-c2cccnc2)sc1-c1ccc2cc(C(N)=O)n(C)c2n1. The predicted octanol–water partition coefficient (Wildman–Crippen LogP) is 4.19. The zero-order chi connectivity index (χ0) is 19.6. The first-order chi connectivity index (χ1) is 13.0. The second-order valence-electron chi connectivity index (χ2n) is 5.74. The van der Waals surface area contributed by atoms with Crippen molar-refractivity contribution < 1.29 is 4.79 Å². The normalized spacial score (nSPS) is 10.5. The molecule has 27 heavy (non-hydrogen) atoms. The van der Waals surface area contributed by atoms with Crippen LogP contribution in [0.3, 0.4) is 0 Å². The highest BCUT2D eigenvalue weighted by molar-refractivity contribution is 7.18. The van der Waals surface area contributed by atoms with Crippen molar-refractivity contribution in [2.24, 2.45) is 12.8 Å². The van der Waals surface area contributed by atoms with Gasteiger partial charge in [-0.25, -0.2) is 9.97 Å². The van der Waals surface area contributed by atoms with Gasteiger partial charge in [0, 0.05) is 30.4 Å². The van der Waals surface area contributed by atoms with Crippen LogP contribution in [0, 0.1) is 6.92 Å². The summed E-state index contributed by atoms with van der Waals surface area (Å²) in [5, 5.41) is 1.79. The number of pyridine rings is 2. The minimum Gasteiger partial charge on any atom is -0.364 e. The molecule has 7 heteroatoms. The Morgan fingerprint density at radius 1 is 1.19 bits per heavy atom. The third-order valence-corrected chi connectivity index (χ3v) is 5.30. The van der Waals surface area contributed by atoms with E-state index in [1.807, 2.05) is 45.0 Å². The molecule has 4 aromatic rings. The van der Waals surface area contributed by atoms with E-state index >= 15 is 0 Å². The van der Waals surface area contributed by atoms with E-state index in [9.17, 15) is 4.79 Å². The van der Waals surface area contributed by atoms with Crippen LogP contribution in [0.15, 0.2) is 42.7 Å². The Balaban J connectivity index is 0.00000102. The van der Waals surface area contributed by atoms with Gasteiger partial charge in [-0.3, -0.25) is 9.78 Å². The van der Waals surface area contributed by atoms with Gasteiger partial charge in [0.15, 0.2) is 0 Å². The number of thiazole rings is 1. The Morgan fingerprint density at radius 2 is 1.96 bits per heavy atom. The van der Waals surface area contributed by atoms with Crippen LogP contribution < -0.4 is 5.73 Å². The van der Waals surface area contributed by atoms with Crippen LogP contribution in [0.4, 0.5) is 0 Å². The van der Waals surface area contributed by atoms with E-state index < -0.39 is 5.91 Å². The summed E-state index contributed by atoms with van der Waals surface area (Å²) in [4.78, 5) is 26.0. The summed E-state index contributed by atoms with van der Waals surface area (Å²) in [7, 11) is 1.79. The standard InChI is InChI=1S/C18H15N5OS.C2H6/c1-10-15(25-18(21-10)12-4-3-7-20-9-12)13-6-5-11-8-14(16(19)24)23(2)17(11)22-13;1-2/h3-9H,1-2H3,(H2,19,24);1-2H3. The van der Waals surface area contributed by atoms with Crippen LogP contribution in [0.25, 0.3) is 32.2 Å². The minimum atomic E-state index is -0.463. The first-order valence-electron chi connectivity index (χ1n) is 8.69.